The lowest BCUT2D eigenvalue weighted by Gasteiger charge is -2.18. The van der Waals surface area contributed by atoms with Crippen LogP contribution in [-0.2, 0) is 22.7 Å². The number of benzene rings is 2. The van der Waals surface area contributed by atoms with Gasteiger partial charge in [0.05, 0.1) is 5.92 Å². The van der Waals surface area contributed by atoms with Crippen molar-refractivity contribution in [2.75, 3.05) is 6.54 Å². The van der Waals surface area contributed by atoms with Crippen LogP contribution in [0.3, 0.4) is 0 Å². The van der Waals surface area contributed by atoms with Crippen LogP contribution in [0.4, 0.5) is 13.2 Å². The predicted octanol–water partition coefficient (Wildman–Crippen LogP) is 3.90. The number of ether oxygens (including phenoxy) is 1. The van der Waals surface area contributed by atoms with Crippen molar-refractivity contribution in [3.05, 3.63) is 64.7 Å². The highest BCUT2D eigenvalue weighted by atomic mass is 35.5. The van der Waals surface area contributed by atoms with E-state index in [0.29, 0.717) is 11.6 Å². The average molecular weight is 427 g/mol. The number of hydrogen-bond acceptors (Lipinski definition) is 3. The summed E-state index contributed by atoms with van der Waals surface area (Å²) < 4.78 is 41.5. The molecule has 2 aromatic rings. The Hall–Kier alpha value is -2.74. The molecule has 1 saturated heterocycles. The number of hydrogen-bond donors (Lipinski definition) is 1. The molecule has 1 fully saturated rings. The zero-order valence-electron chi connectivity index (χ0n) is 15.2. The first-order valence-electron chi connectivity index (χ1n) is 8.85. The molecule has 1 aliphatic rings. The Bertz CT molecular complexity index is 905. The van der Waals surface area contributed by atoms with E-state index in [2.05, 4.69) is 10.1 Å². The van der Waals surface area contributed by atoms with Crippen molar-refractivity contribution in [1.82, 2.24) is 10.2 Å². The zero-order chi connectivity index (χ0) is 21.0. The summed E-state index contributed by atoms with van der Waals surface area (Å²) in [6.45, 7) is 0.376. The molecule has 1 atom stereocenters. The van der Waals surface area contributed by atoms with Gasteiger partial charge in [-0.15, -0.1) is 13.2 Å². The SMILES string of the molecule is O=C(NCc1ccccc1OC(F)(F)F)C1CC(=O)N(Cc2ccccc2Cl)C1. The molecule has 0 radical (unpaired) electrons. The first-order valence-corrected chi connectivity index (χ1v) is 9.23. The van der Waals surface area contributed by atoms with E-state index < -0.39 is 18.2 Å². The summed E-state index contributed by atoms with van der Waals surface area (Å²) in [5, 5.41) is 3.13. The van der Waals surface area contributed by atoms with Crippen molar-refractivity contribution >= 4 is 23.4 Å². The fraction of sp³-hybridized carbons (Fsp3) is 0.300. The molecule has 0 aliphatic carbocycles. The number of carbonyl (C=O) groups excluding carboxylic acids is 2. The summed E-state index contributed by atoms with van der Waals surface area (Å²) in [5.41, 5.74) is 0.970. The highest BCUT2D eigenvalue weighted by Gasteiger charge is 2.35. The van der Waals surface area contributed by atoms with Gasteiger partial charge in [-0.3, -0.25) is 9.59 Å². The van der Waals surface area contributed by atoms with Crippen LogP contribution in [0.5, 0.6) is 5.75 Å². The van der Waals surface area contributed by atoms with Crippen LogP contribution in [0.25, 0.3) is 0 Å². The van der Waals surface area contributed by atoms with E-state index in [1.165, 1.54) is 18.2 Å². The van der Waals surface area contributed by atoms with Gasteiger partial charge in [0.2, 0.25) is 11.8 Å². The third-order valence-electron chi connectivity index (χ3n) is 4.56. The molecule has 5 nitrogen and oxygen atoms in total. The number of carbonyl (C=O) groups is 2. The molecule has 0 spiro atoms. The molecular weight excluding hydrogens is 409 g/mol. The minimum Gasteiger partial charge on any atom is -0.405 e. The maximum Gasteiger partial charge on any atom is 0.573 e. The Labute approximate surface area is 170 Å². The Morgan fingerprint density at radius 1 is 1.14 bits per heavy atom. The molecular formula is C20H18ClF3N2O3. The summed E-state index contributed by atoms with van der Waals surface area (Å²) in [6, 6.07) is 12.7. The predicted molar refractivity (Wildman–Crippen MR) is 99.9 cm³/mol. The molecule has 2 amide bonds. The van der Waals surface area contributed by atoms with Gasteiger partial charge >= 0.3 is 6.36 Å². The molecule has 154 valence electrons. The van der Waals surface area contributed by atoms with Crippen LogP contribution in [0, 0.1) is 5.92 Å². The van der Waals surface area contributed by atoms with Crippen LogP contribution >= 0.6 is 11.6 Å². The topological polar surface area (TPSA) is 58.6 Å². The molecule has 1 aliphatic heterocycles. The quantitative estimate of drug-likeness (QED) is 0.762. The van der Waals surface area contributed by atoms with E-state index in [-0.39, 0.29) is 36.7 Å². The molecule has 29 heavy (non-hydrogen) atoms. The van der Waals surface area contributed by atoms with Gasteiger partial charge < -0.3 is 15.0 Å². The number of amides is 2. The molecule has 2 aromatic carbocycles. The van der Waals surface area contributed by atoms with E-state index in [1.807, 2.05) is 6.07 Å². The van der Waals surface area contributed by atoms with Gasteiger partial charge in [-0.2, -0.15) is 0 Å². The summed E-state index contributed by atoms with van der Waals surface area (Å²) in [6.07, 6.45) is -4.78. The number of alkyl halides is 3. The lowest BCUT2D eigenvalue weighted by atomic mass is 10.1. The van der Waals surface area contributed by atoms with E-state index in [0.717, 1.165) is 5.56 Å². The number of para-hydroxylation sites is 1. The van der Waals surface area contributed by atoms with Gasteiger partial charge in [-0.25, -0.2) is 0 Å². The van der Waals surface area contributed by atoms with Crippen LogP contribution in [0.2, 0.25) is 5.02 Å². The molecule has 9 heteroatoms. The summed E-state index contributed by atoms with van der Waals surface area (Å²) in [4.78, 5) is 26.2. The van der Waals surface area contributed by atoms with Crippen molar-refractivity contribution in [1.29, 1.82) is 0 Å². The maximum absolute atomic E-state index is 12.5. The van der Waals surface area contributed by atoms with Crippen molar-refractivity contribution in [2.45, 2.75) is 25.9 Å². The van der Waals surface area contributed by atoms with Crippen LogP contribution in [0.15, 0.2) is 48.5 Å². The largest absolute Gasteiger partial charge is 0.573 e. The second kappa shape index (κ2) is 8.73. The smallest absolute Gasteiger partial charge is 0.405 e. The highest BCUT2D eigenvalue weighted by Crippen LogP contribution is 2.27. The fourth-order valence-corrected chi connectivity index (χ4v) is 3.33. The number of nitrogens with one attached hydrogen (secondary N) is 1. The third kappa shape index (κ3) is 5.63. The van der Waals surface area contributed by atoms with Crippen LogP contribution < -0.4 is 10.1 Å². The third-order valence-corrected chi connectivity index (χ3v) is 4.92. The second-order valence-electron chi connectivity index (χ2n) is 6.64. The lowest BCUT2D eigenvalue weighted by Crippen LogP contribution is -2.32. The molecule has 1 N–H and O–H groups in total. The monoisotopic (exact) mass is 426 g/mol. The van der Waals surface area contributed by atoms with Gasteiger partial charge in [0, 0.05) is 36.6 Å². The second-order valence-corrected chi connectivity index (χ2v) is 7.05. The van der Waals surface area contributed by atoms with Crippen molar-refractivity contribution in [3.8, 4) is 5.75 Å². The molecule has 3 rings (SSSR count). The maximum atomic E-state index is 12.5. The van der Waals surface area contributed by atoms with Crippen molar-refractivity contribution in [2.24, 2.45) is 5.92 Å². The number of halogens is 4. The fourth-order valence-electron chi connectivity index (χ4n) is 3.13. The van der Waals surface area contributed by atoms with Gasteiger partial charge in [0.25, 0.3) is 0 Å². The number of nitrogens with zero attached hydrogens (tertiary/aromatic N) is 1. The standard InChI is InChI=1S/C20H18ClF3N2O3/c21-16-7-3-1-6-14(16)11-26-12-15(9-18(26)27)19(28)25-10-13-5-2-4-8-17(13)29-20(22,23)24/h1-8,15H,9-12H2,(H,25,28). The van der Waals surface area contributed by atoms with Gasteiger partial charge in [0.15, 0.2) is 0 Å². The Kier molecular flexibility index (Phi) is 6.32. The lowest BCUT2D eigenvalue weighted by molar-refractivity contribution is -0.274. The molecule has 0 saturated carbocycles. The van der Waals surface area contributed by atoms with E-state index >= 15 is 0 Å². The van der Waals surface area contributed by atoms with Gasteiger partial charge in [-0.1, -0.05) is 48.0 Å². The summed E-state index contributed by atoms with van der Waals surface area (Å²) >= 11 is 6.12. The minimum absolute atomic E-state index is 0.0387. The number of likely N-dealkylation sites (tertiary alicyclic amines) is 1. The molecule has 1 unspecified atom stereocenters. The van der Waals surface area contributed by atoms with Crippen LogP contribution in [-0.4, -0.2) is 29.6 Å². The van der Waals surface area contributed by atoms with Gasteiger partial charge in [-0.05, 0) is 17.7 Å². The molecule has 0 bridgehead atoms. The number of rotatable bonds is 6. The Morgan fingerprint density at radius 2 is 1.79 bits per heavy atom. The van der Waals surface area contributed by atoms with Crippen molar-refractivity contribution < 1.29 is 27.5 Å². The van der Waals surface area contributed by atoms with Gasteiger partial charge in [0.1, 0.15) is 5.75 Å². The molecule has 0 aromatic heterocycles. The minimum atomic E-state index is -4.82. The molecule has 1 heterocycles. The normalized spacial score (nSPS) is 16.8. The van der Waals surface area contributed by atoms with E-state index in [9.17, 15) is 22.8 Å². The first kappa shape index (κ1) is 21.0. The van der Waals surface area contributed by atoms with E-state index in [1.54, 1.807) is 29.2 Å². The Morgan fingerprint density at radius 3 is 2.48 bits per heavy atom. The summed E-state index contributed by atoms with van der Waals surface area (Å²) in [7, 11) is 0. The van der Waals surface area contributed by atoms with Crippen molar-refractivity contribution in [3.63, 3.8) is 0 Å². The highest BCUT2D eigenvalue weighted by molar-refractivity contribution is 6.31. The average Bonchev–Trinajstić information content (AvgIpc) is 3.02. The first-order chi connectivity index (χ1) is 13.7. The zero-order valence-corrected chi connectivity index (χ0v) is 16.0. The van der Waals surface area contributed by atoms with Crippen LogP contribution in [0.1, 0.15) is 17.5 Å². The Balaban J connectivity index is 1.58. The van der Waals surface area contributed by atoms with E-state index in [4.69, 9.17) is 11.6 Å². The summed E-state index contributed by atoms with van der Waals surface area (Å²) in [5.74, 6) is -1.53.